The van der Waals surface area contributed by atoms with Crippen molar-refractivity contribution in [2.45, 2.75) is 40.7 Å². The summed E-state index contributed by atoms with van der Waals surface area (Å²) in [5.41, 5.74) is 1.20. The third-order valence-electron chi connectivity index (χ3n) is 1.70. The molecular formula is C11H20N2. The topological polar surface area (TPSA) is 15.6 Å². The summed E-state index contributed by atoms with van der Waals surface area (Å²) in [5, 5.41) is 0. The molecule has 0 fully saturated rings. The number of hydrogen-bond donors (Lipinski definition) is 0. The number of hydrogen-bond acceptors (Lipinski definition) is 2. The first-order valence-electron chi connectivity index (χ1n) is 4.61. The average molecular weight is 180 g/mol. The maximum absolute atomic E-state index is 4.33. The van der Waals surface area contributed by atoms with E-state index in [9.17, 15) is 0 Å². The van der Waals surface area contributed by atoms with E-state index in [1.165, 1.54) is 5.57 Å². The van der Waals surface area contributed by atoms with E-state index in [0.717, 1.165) is 5.82 Å². The monoisotopic (exact) mass is 180 g/mol. The molecule has 0 aliphatic heterocycles. The SMILES string of the molecule is C=CN(C(/N=C\C)=C(C)C)C(C)C. The van der Waals surface area contributed by atoms with E-state index in [4.69, 9.17) is 0 Å². The first kappa shape index (κ1) is 11.9. The molecule has 2 nitrogen and oxygen atoms in total. The molecular weight excluding hydrogens is 160 g/mol. The van der Waals surface area contributed by atoms with Gasteiger partial charge >= 0.3 is 0 Å². The Morgan fingerprint density at radius 1 is 1.38 bits per heavy atom. The van der Waals surface area contributed by atoms with Crippen LogP contribution in [0.5, 0.6) is 0 Å². The van der Waals surface area contributed by atoms with Crippen molar-refractivity contribution < 1.29 is 0 Å². The quantitative estimate of drug-likeness (QED) is 0.607. The van der Waals surface area contributed by atoms with Gasteiger partial charge in [-0.15, -0.1) is 0 Å². The molecule has 0 aromatic rings. The van der Waals surface area contributed by atoms with Crippen LogP contribution in [-0.2, 0) is 0 Å². The molecule has 0 amide bonds. The Morgan fingerprint density at radius 2 is 1.92 bits per heavy atom. The van der Waals surface area contributed by atoms with Crippen LogP contribution < -0.4 is 0 Å². The second-order valence-electron chi connectivity index (χ2n) is 3.39. The summed E-state index contributed by atoms with van der Waals surface area (Å²) in [5.74, 6) is 0.993. The molecule has 0 aliphatic carbocycles. The lowest BCUT2D eigenvalue weighted by atomic mass is 10.2. The minimum absolute atomic E-state index is 0.395. The molecule has 74 valence electrons. The molecule has 0 aromatic carbocycles. The zero-order valence-electron chi connectivity index (χ0n) is 9.33. The van der Waals surface area contributed by atoms with Crippen LogP contribution in [0.4, 0.5) is 0 Å². The minimum Gasteiger partial charge on any atom is -0.331 e. The Hall–Kier alpha value is -1.05. The zero-order chi connectivity index (χ0) is 10.4. The van der Waals surface area contributed by atoms with Crippen molar-refractivity contribution >= 4 is 6.21 Å². The van der Waals surface area contributed by atoms with E-state index in [-0.39, 0.29) is 0 Å². The smallest absolute Gasteiger partial charge is 0.130 e. The van der Waals surface area contributed by atoms with Crippen molar-refractivity contribution in [3.63, 3.8) is 0 Å². The largest absolute Gasteiger partial charge is 0.331 e. The molecule has 0 aliphatic rings. The van der Waals surface area contributed by atoms with Crippen LogP contribution in [0.15, 0.2) is 29.2 Å². The Bertz CT molecular complexity index is 220. The van der Waals surface area contributed by atoms with Crippen LogP contribution >= 0.6 is 0 Å². The van der Waals surface area contributed by atoms with Crippen molar-refractivity contribution in [3.05, 3.63) is 24.2 Å². The van der Waals surface area contributed by atoms with Crippen LogP contribution in [0.25, 0.3) is 0 Å². The molecule has 0 saturated heterocycles. The summed E-state index contributed by atoms with van der Waals surface area (Å²) in [4.78, 5) is 6.39. The van der Waals surface area contributed by atoms with Crippen molar-refractivity contribution in [2.24, 2.45) is 4.99 Å². The molecule has 0 spiro atoms. The molecule has 0 aromatic heterocycles. The van der Waals surface area contributed by atoms with Crippen molar-refractivity contribution in [1.82, 2.24) is 4.90 Å². The Balaban J connectivity index is 4.93. The van der Waals surface area contributed by atoms with Gasteiger partial charge in [-0.2, -0.15) is 0 Å². The van der Waals surface area contributed by atoms with Crippen molar-refractivity contribution in [2.75, 3.05) is 0 Å². The third-order valence-corrected chi connectivity index (χ3v) is 1.70. The molecule has 0 saturated carbocycles. The highest BCUT2D eigenvalue weighted by molar-refractivity contribution is 5.55. The molecule has 0 atom stereocenters. The molecule has 2 heteroatoms. The molecule has 0 rings (SSSR count). The van der Waals surface area contributed by atoms with Crippen LogP contribution in [0.1, 0.15) is 34.6 Å². The minimum atomic E-state index is 0.395. The number of aliphatic imine (C=N–C) groups is 1. The van der Waals surface area contributed by atoms with E-state index in [2.05, 4.69) is 44.2 Å². The zero-order valence-corrected chi connectivity index (χ0v) is 9.33. The number of nitrogens with zero attached hydrogens (tertiary/aromatic N) is 2. The maximum atomic E-state index is 4.33. The molecule has 0 bridgehead atoms. The molecule has 0 N–H and O–H groups in total. The molecule has 0 radical (unpaired) electrons. The Labute approximate surface area is 81.7 Å². The van der Waals surface area contributed by atoms with E-state index < -0.39 is 0 Å². The summed E-state index contributed by atoms with van der Waals surface area (Å²) >= 11 is 0. The molecule has 0 unspecified atom stereocenters. The Morgan fingerprint density at radius 3 is 2.15 bits per heavy atom. The highest BCUT2D eigenvalue weighted by Crippen LogP contribution is 2.14. The lowest BCUT2D eigenvalue weighted by molar-refractivity contribution is 0.378. The van der Waals surface area contributed by atoms with E-state index in [1.807, 2.05) is 13.1 Å². The fourth-order valence-corrected chi connectivity index (χ4v) is 1.12. The predicted molar refractivity (Wildman–Crippen MR) is 59.7 cm³/mol. The van der Waals surface area contributed by atoms with Gasteiger partial charge in [-0.25, -0.2) is 4.99 Å². The number of allylic oxidation sites excluding steroid dienone is 1. The molecule has 0 heterocycles. The van der Waals surface area contributed by atoms with Gasteiger partial charge in [-0.3, -0.25) is 0 Å². The predicted octanol–water partition coefficient (Wildman–Crippen LogP) is 3.18. The highest BCUT2D eigenvalue weighted by atomic mass is 15.2. The van der Waals surface area contributed by atoms with Gasteiger partial charge in [0.25, 0.3) is 0 Å². The van der Waals surface area contributed by atoms with Gasteiger partial charge in [0.15, 0.2) is 0 Å². The standard InChI is InChI=1S/C11H20N2/c1-7-12-11(9(3)4)13(8-2)10(5)6/h7-8,10H,2H2,1,3-6H3/b12-7-. The van der Waals surface area contributed by atoms with Crippen molar-refractivity contribution in [1.29, 1.82) is 0 Å². The first-order chi connectivity index (χ1) is 6.04. The fraction of sp³-hybridized carbons (Fsp3) is 0.545. The van der Waals surface area contributed by atoms with Gasteiger partial charge in [-0.1, -0.05) is 6.58 Å². The second kappa shape index (κ2) is 5.57. The summed E-state index contributed by atoms with van der Waals surface area (Å²) in [7, 11) is 0. The number of rotatable bonds is 4. The molecule has 13 heavy (non-hydrogen) atoms. The highest BCUT2D eigenvalue weighted by Gasteiger charge is 2.09. The summed E-state index contributed by atoms with van der Waals surface area (Å²) in [6.07, 6.45) is 3.63. The second-order valence-corrected chi connectivity index (χ2v) is 3.39. The van der Waals surface area contributed by atoms with Gasteiger partial charge in [0.2, 0.25) is 0 Å². The normalized spacial score (nSPS) is 10.6. The summed E-state index contributed by atoms with van der Waals surface area (Å²) < 4.78 is 0. The van der Waals surface area contributed by atoms with Crippen LogP contribution in [0, 0.1) is 0 Å². The van der Waals surface area contributed by atoms with Crippen LogP contribution in [0.3, 0.4) is 0 Å². The van der Waals surface area contributed by atoms with E-state index >= 15 is 0 Å². The van der Waals surface area contributed by atoms with Gasteiger partial charge in [0, 0.05) is 12.3 Å². The maximum Gasteiger partial charge on any atom is 0.130 e. The summed E-state index contributed by atoms with van der Waals surface area (Å²) in [6, 6.07) is 0.395. The van der Waals surface area contributed by atoms with Gasteiger partial charge < -0.3 is 4.90 Å². The summed E-state index contributed by atoms with van der Waals surface area (Å²) in [6.45, 7) is 14.1. The van der Waals surface area contributed by atoms with Gasteiger partial charge in [-0.05, 0) is 46.4 Å². The van der Waals surface area contributed by atoms with E-state index in [1.54, 1.807) is 6.21 Å². The van der Waals surface area contributed by atoms with Gasteiger partial charge in [0.1, 0.15) is 5.82 Å². The van der Waals surface area contributed by atoms with Crippen molar-refractivity contribution in [3.8, 4) is 0 Å². The van der Waals surface area contributed by atoms with Crippen LogP contribution in [0.2, 0.25) is 0 Å². The van der Waals surface area contributed by atoms with Crippen LogP contribution in [-0.4, -0.2) is 17.2 Å². The first-order valence-corrected chi connectivity index (χ1v) is 4.61. The van der Waals surface area contributed by atoms with E-state index in [0.29, 0.717) is 6.04 Å². The lowest BCUT2D eigenvalue weighted by Gasteiger charge is -2.25. The Kier molecular flexibility index (Phi) is 5.12. The van der Waals surface area contributed by atoms with Gasteiger partial charge in [0.05, 0.1) is 0 Å². The fourth-order valence-electron chi connectivity index (χ4n) is 1.12. The lowest BCUT2D eigenvalue weighted by Crippen LogP contribution is -2.24. The average Bonchev–Trinajstić information content (AvgIpc) is 2.03. The third kappa shape index (κ3) is 3.45.